The number of rotatable bonds is 3. The van der Waals surface area contributed by atoms with Crippen molar-refractivity contribution in [1.82, 2.24) is 0 Å². The molecule has 0 spiro atoms. The van der Waals surface area contributed by atoms with Crippen LogP contribution in [0.4, 0.5) is 0 Å². The van der Waals surface area contributed by atoms with E-state index in [1.807, 2.05) is 12.1 Å². The van der Waals surface area contributed by atoms with Gasteiger partial charge in [0.1, 0.15) is 5.41 Å². The number of carbonyl (C=O) groups is 2. The van der Waals surface area contributed by atoms with Gasteiger partial charge in [0.25, 0.3) is 0 Å². The van der Waals surface area contributed by atoms with Gasteiger partial charge in [0.2, 0.25) is 0 Å². The molecule has 106 valence electrons. The van der Waals surface area contributed by atoms with E-state index in [0.717, 1.165) is 5.56 Å². The number of carbonyl (C=O) groups excluding carboxylic acids is 2. The predicted octanol–water partition coefficient (Wildman–Crippen LogP) is 1.95. The van der Waals surface area contributed by atoms with Gasteiger partial charge in [-0.15, -0.1) is 0 Å². The molecule has 1 aliphatic carbocycles. The Hall–Kier alpha value is -2.46. The first-order valence-corrected chi connectivity index (χ1v) is 6.59. The molecular weight excluding hydrogens is 268 g/mol. The lowest BCUT2D eigenvalue weighted by Gasteiger charge is -2.41. The molecule has 4 heteroatoms. The fraction of sp³-hybridized carbons (Fsp3) is 0.176. The number of esters is 1. The molecule has 3 rings (SSSR count). The van der Waals surface area contributed by atoms with Gasteiger partial charge in [0.15, 0.2) is 5.78 Å². The number of aliphatic hydroxyl groups excluding tert-OH is 1. The SMILES string of the molecule is COC(=O)c1ccc([C@]2(CO)C(=O)c3ccccc32)cc1. The lowest BCUT2D eigenvalue weighted by atomic mass is 9.59. The predicted molar refractivity (Wildman–Crippen MR) is 76.4 cm³/mol. The summed E-state index contributed by atoms with van der Waals surface area (Å²) >= 11 is 0. The van der Waals surface area contributed by atoms with E-state index in [4.69, 9.17) is 0 Å². The summed E-state index contributed by atoms with van der Waals surface area (Å²) in [6.45, 7) is -0.291. The van der Waals surface area contributed by atoms with Gasteiger partial charge in [-0.2, -0.15) is 0 Å². The van der Waals surface area contributed by atoms with Crippen LogP contribution in [-0.4, -0.2) is 30.6 Å². The van der Waals surface area contributed by atoms with Crippen LogP contribution in [0.2, 0.25) is 0 Å². The van der Waals surface area contributed by atoms with Crippen molar-refractivity contribution < 1.29 is 19.4 Å². The third kappa shape index (κ3) is 1.73. The maximum atomic E-state index is 12.4. The van der Waals surface area contributed by atoms with Crippen LogP contribution in [-0.2, 0) is 10.2 Å². The van der Waals surface area contributed by atoms with Crippen molar-refractivity contribution in [2.45, 2.75) is 5.41 Å². The summed E-state index contributed by atoms with van der Waals surface area (Å²) in [5.74, 6) is -0.522. The Balaban J connectivity index is 2.07. The molecule has 1 aliphatic rings. The Bertz CT molecular complexity index is 718. The summed E-state index contributed by atoms with van der Waals surface area (Å²) in [4.78, 5) is 23.9. The monoisotopic (exact) mass is 282 g/mol. The van der Waals surface area contributed by atoms with E-state index < -0.39 is 11.4 Å². The first-order valence-electron chi connectivity index (χ1n) is 6.59. The zero-order valence-electron chi connectivity index (χ0n) is 11.5. The molecule has 0 fully saturated rings. The van der Waals surface area contributed by atoms with Crippen molar-refractivity contribution in [3.63, 3.8) is 0 Å². The highest BCUT2D eigenvalue weighted by Gasteiger charge is 2.52. The van der Waals surface area contributed by atoms with Crippen LogP contribution >= 0.6 is 0 Å². The summed E-state index contributed by atoms with van der Waals surface area (Å²) in [5.41, 5.74) is 1.55. The van der Waals surface area contributed by atoms with Crippen molar-refractivity contribution in [2.24, 2.45) is 0 Å². The van der Waals surface area contributed by atoms with E-state index in [1.165, 1.54) is 7.11 Å². The smallest absolute Gasteiger partial charge is 0.337 e. The molecule has 0 unspecified atom stereocenters. The van der Waals surface area contributed by atoms with Crippen LogP contribution in [0.3, 0.4) is 0 Å². The molecule has 2 aromatic rings. The minimum Gasteiger partial charge on any atom is -0.465 e. The quantitative estimate of drug-likeness (QED) is 0.874. The highest BCUT2D eigenvalue weighted by molar-refractivity contribution is 6.16. The van der Waals surface area contributed by atoms with Gasteiger partial charge in [0.05, 0.1) is 19.3 Å². The molecule has 21 heavy (non-hydrogen) atoms. The average Bonchev–Trinajstić information content (AvgIpc) is 2.55. The summed E-state index contributed by atoms with van der Waals surface area (Å²) in [6, 6.07) is 13.8. The molecule has 0 amide bonds. The summed E-state index contributed by atoms with van der Waals surface area (Å²) in [5, 5.41) is 9.82. The Morgan fingerprint density at radius 2 is 1.81 bits per heavy atom. The number of fused-ring (bicyclic) bond motifs is 1. The number of aliphatic hydroxyl groups is 1. The fourth-order valence-electron chi connectivity index (χ4n) is 2.89. The molecule has 4 nitrogen and oxygen atoms in total. The minimum absolute atomic E-state index is 0.0913. The van der Waals surface area contributed by atoms with Crippen molar-refractivity contribution in [1.29, 1.82) is 0 Å². The van der Waals surface area contributed by atoms with Gasteiger partial charge < -0.3 is 9.84 Å². The van der Waals surface area contributed by atoms with Crippen LogP contribution in [0, 0.1) is 0 Å². The fourth-order valence-corrected chi connectivity index (χ4v) is 2.89. The van der Waals surface area contributed by atoms with Crippen LogP contribution in [0.1, 0.15) is 31.8 Å². The van der Waals surface area contributed by atoms with Crippen LogP contribution < -0.4 is 0 Å². The van der Waals surface area contributed by atoms with Crippen LogP contribution in [0.25, 0.3) is 0 Å². The highest BCUT2D eigenvalue weighted by atomic mass is 16.5. The first-order chi connectivity index (χ1) is 10.1. The summed E-state index contributed by atoms with van der Waals surface area (Å²) in [7, 11) is 1.32. The van der Waals surface area contributed by atoms with Gasteiger partial charge in [-0.3, -0.25) is 4.79 Å². The van der Waals surface area contributed by atoms with Crippen LogP contribution in [0.5, 0.6) is 0 Å². The maximum Gasteiger partial charge on any atom is 0.337 e. The molecule has 2 aromatic carbocycles. The lowest BCUT2D eigenvalue weighted by molar-refractivity contribution is 0.0600. The second-order valence-corrected chi connectivity index (χ2v) is 5.01. The first kappa shape index (κ1) is 13.5. The van der Waals surface area contributed by atoms with Gasteiger partial charge in [-0.05, 0) is 23.3 Å². The van der Waals surface area contributed by atoms with Gasteiger partial charge in [0, 0.05) is 5.56 Å². The minimum atomic E-state index is -1.01. The molecule has 0 aliphatic heterocycles. The molecule has 0 aromatic heterocycles. The Morgan fingerprint density at radius 3 is 2.43 bits per heavy atom. The van der Waals surface area contributed by atoms with Crippen molar-refractivity contribution >= 4 is 11.8 Å². The van der Waals surface area contributed by atoms with Crippen molar-refractivity contribution in [3.8, 4) is 0 Å². The second-order valence-electron chi connectivity index (χ2n) is 5.01. The largest absolute Gasteiger partial charge is 0.465 e. The number of benzene rings is 2. The Labute approximate surface area is 122 Å². The molecule has 0 bridgehead atoms. The van der Waals surface area contributed by atoms with E-state index in [9.17, 15) is 14.7 Å². The third-order valence-electron chi connectivity index (χ3n) is 4.06. The van der Waals surface area contributed by atoms with E-state index in [2.05, 4.69) is 4.74 Å². The Morgan fingerprint density at radius 1 is 1.14 bits per heavy atom. The molecule has 0 saturated carbocycles. The molecule has 1 N–H and O–H groups in total. The number of Topliss-reactive ketones (excluding diaryl/α,β-unsaturated/α-hetero) is 1. The zero-order valence-corrected chi connectivity index (χ0v) is 11.5. The van der Waals surface area contributed by atoms with E-state index in [1.54, 1.807) is 36.4 Å². The molecule has 1 atom stereocenters. The van der Waals surface area contributed by atoms with Crippen molar-refractivity contribution in [2.75, 3.05) is 13.7 Å². The Kier molecular flexibility index (Phi) is 3.11. The summed E-state index contributed by atoms with van der Waals surface area (Å²) < 4.78 is 4.65. The standard InChI is InChI=1S/C17H14O4/c1-21-16(20)11-6-8-12(9-7-11)17(10-18)14-5-3-2-4-13(14)15(17)19/h2-9,18H,10H2,1H3/t17-/m0/s1. The highest BCUT2D eigenvalue weighted by Crippen LogP contribution is 2.45. The molecule has 0 radical (unpaired) electrons. The van der Waals surface area contributed by atoms with E-state index >= 15 is 0 Å². The van der Waals surface area contributed by atoms with Gasteiger partial charge in [-0.1, -0.05) is 36.4 Å². The number of methoxy groups -OCH3 is 1. The summed E-state index contributed by atoms with van der Waals surface area (Å²) in [6.07, 6.45) is 0. The topological polar surface area (TPSA) is 63.6 Å². The number of hydrogen-bond acceptors (Lipinski definition) is 4. The molecule has 0 heterocycles. The molecular formula is C17H14O4. The van der Waals surface area contributed by atoms with E-state index in [-0.39, 0.29) is 12.4 Å². The van der Waals surface area contributed by atoms with E-state index in [0.29, 0.717) is 16.7 Å². The number of ketones is 1. The average molecular weight is 282 g/mol. The normalized spacial score (nSPS) is 19.6. The molecule has 0 saturated heterocycles. The van der Waals surface area contributed by atoms with Crippen LogP contribution in [0.15, 0.2) is 48.5 Å². The van der Waals surface area contributed by atoms with Crippen molar-refractivity contribution in [3.05, 3.63) is 70.8 Å². The lowest BCUT2D eigenvalue weighted by Crippen LogP contribution is -2.50. The maximum absolute atomic E-state index is 12.4. The van der Waals surface area contributed by atoms with Gasteiger partial charge in [-0.25, -0.2) is 4.79 Å². The second kappa shape index (κ2) is 4.82. The zero-order chi connectivity index (χ0) is 15.0. The van der Waals surface area contributed by atoms with Gasteiger partial charge >= 0.3 is 5.97 Å². The number of hydrogen-bond donors (Lipinski definition) is 1. The third-order valence-corrected chi connectivity index (χ3v) is 4.06. The number of ether oxygens (including phenoxy) is 1.